The number of aliphatic imine (C=N–C) groups is 1. The lowest BCUT2D eigenvalue weighted by atomic mass is 10.4. The van der Waals surface area contributed by atoms with Gasteiger partial charge in [-0.2, -0.15) is 4.99 Å². The quantitative estimate of drug-likeness (QED) is 0.334. The SMILES string of the molecule is Cl.N=C(N)/N=C(\N)NN1CCCC1. The van der Waals surface area contributed by atoms with Crippen molar-refractivity contribution < 1.29 is 0 Å². The van der Waals surface area contributed by atoms with E-state index in [0.717, 1.165) is 13.1 Å². The number of nitrogens with one attached hydrogen (secondary N) is 2. The zero-order valence-electron chi connectivity index (χ0n) is 7.29. The predicted molar refractivity (Wildman–Crippen MR) is 54.7 cm³/mol. The maximum Gasteiger partial charge on any atom is 0.215 e. The highest BCUT2D eigenvalue weighted by Crippen LogP contribution is 2.02. The summed E-state index contributed by atoms with van der Waals surface area (Å²) in [5.41, 5.74) is 13.3. The molecule has 1 aliphatic rings. The fourth-order valence-corrected chi connectivity index (χ4v) is 1.15. The van der Waals surface area contributed by atoms with Gasteiger partial charge in [0.2, 0.25) is 11.9 Å². The van der Waals surface area contributed by atoms with E-state index < -0.39 is 0 Å². The van der Waals surface area contributed by atoms with Crippen LogP contribution in [-0.2, 0) is 0 Å². The third kappa shape index (κ3) is 4.54. The molecule has 13 heavy (non-hydrogen) atoms. The maximum absolute atomic E-state index is 6.85. The van der Waals surface area contributed by atoms with E-state index in [0.29, 0.717) is 0 Å². The van der Waals surface area contributed by atoms with Crippen LogP contribution >= 0.6 is 12.4 Å². The summed E-state index contributed by atoms with van der Waals surface area (Å²) in [6, 6.07) is 0. The van der Waals surface area contributed by atoms with Gasteiger partial charge in [-0.05, 0) is 12.8 Å². The third-order valence-electron chi connectivity index (χ3n) is 1.62. The number of hydrogen-bond acceptors (Lipinski definition) is 2. The Morgan fingerprint density at radius 3 is 2.31 bits per heavy atom. The summed E-state index contributed by atoms with van der Waals surface area (Å²) in [7, 11) is 0. The number of nitrogens with zero attached hydrogens (tertiary/aromatic N) is 2. The Morgan fingerprint density at radius 1 is 1.31 bits per heavy atom. The minimum Gasteiger partial charge on any atom is -0.368 e. The Labute approximate surface area is 83.3 Å². The summed E-state index contributed by atoms with van der Waals surface area (Å²) >= 11 is 0. The van der Waals surface area contributed by atoms with Crippen molar-refractivity contribution in [2.75, 3.05) is 13.1 Å². The third-order valence-corrected chi connectivity index (χ3v) is 1.62. The van der Waals surface area contributed by atoms with E-state index in [1.54, 1.807) is 0 Å². The van der Waals surface area contributed by atoms with Crippen LogP contribution < -0.4 is 16.9 Å². The summed E-state index contributed by atoms with van der Waals surface area (Å²) in [6.45, 7) is 1.93. The molecule has 1 fully saturated rings. The van der Waals surface area contributed by atoms with Crippen molar-refractivity contribution in [2.45, 2.75) is 12.8 Å². The van der Waals surface area contributed by atoms with Crippen molar-refractivity contribution in [3.8, 4) is 0 Å². The van der Waals surface area contributed by atoms with Gasteiger partial charge in [0.25, 0.3) is 0 Å². The average molecular weight is 207 g/mol. The molecule has 0 aromatic heterocycles. The van der Waals surface area contributed by atoms with Gasteiger partial charge in [-0.1, -0.05) is 0 Å². The van der Waals surface area contributed by atoms with E-state index in [4.69, 9.17) is 16.9 Å². The lowest BCUT2D eigenvalue weighted by molar-refractivity contribution is 0.294. The number of nitrogens with two attached hydrogens (primary N) is 2. The smallest absolute Gasteiger partial charge is 0.215 e. The first kappa shape index (κ1) is 12.0. The van der Waals surface area contributed by atoms with E-state index in [1.807, 2.05) is 5.01 Å². The summed E-state index contributed by atoms with van der Waals surface area (Å²) in [5, 5.41) is 8.81. The molecule has 0 aliphatic carbocycles. The number of hydrogen-bond donors (Lipinski definition) is 4. The van der Waals surface area contributed by atoms with Crippen LogP contribution in [0.25, 0.3) is 0 Å². The standard InChI is InChI=1S/C6H14N6.ClH/c7-5(8)10-6(9)11-12-3-1-2-4-12;/h1-4H2,(H6,7,8,9,10,11);1H. The molecule has 6 N–H and O–H groups in total. The molecule has 7 heteroatoms. The second-order valence-electron chi connectivity index (χ2n) is 2.69. The van der Waals surface area contributed by atoms with E-state index in [2.05, 4.69) is 10.4 Å². The highest BCUT2D eigenvalue weighted by Gasteiger charge is 2.11. The summed E-state index contributed by atoms with van der Waals surface area (Å²) < 4.78 is 0. The van der Waals surface area contributed by atoms with Crippen molar-refractivity contribution in [3.63, 3.8) is 0 Å². The van der Waals surface area contributed by atoms with Crippen LogP contribution in [0.5, 0.6) is 0 Å². The van der Waals surface area contributed by atoms with Crippen molar-refractivity contribution in [1.82, 2.24) is 10.4 Å². The molecular weight excluding hydrogens is 192 g/mol. The first-order valence-electron chi connectivity index (χ1n) is 3.88. The van der Waals surface area contributed by atoms with Crippen LogP contribution in [0.3, 0.4) is 0 Å². The van der Waals surface area contributed by atoms with Crippen LogP contribution in [0.15, 0.2) is 4.99 Å². The van der Waals surface area contributed by atoms with E-state index in [-0.39, 0.29) is 24.3 Å². The Hall–Kier alpha value is -1.01. The van der Waals surface area contributed by atoms with Crippen LogP contribution in [0.1, 0.15) is 12.8 Å². The summed E-state index contributed by atoms with van der Waals surface area (Å²) in [5.74, 6) is -0.0939. The molecule has 1 rings (SSSR count). The first-order chi connectivity index (χ1) is 5.68. The number of guanidine groups is 2. The zero-order chi connectivity index (χ0) is 8.97. The van der Waals surface area contributed by atoms with Gasteiger partial charge < -0.3 is 11.5 Å². The van der Waals surface area contributed by atoms with E-state index in [1.165, 1.54) is 12.8 Å². The van der Waals surface area contributed by atoms with Crippen molar-refractivity contribution in [2.24, 2.45) is 16.5 Å². The normalized spacial score (nSPS) is 18.0. The molecule has 76 valence electrons. The number of hydrazine groups is 1. The number of halogens is 1. The van der Waals surface area contributed by atoms with Crippen LogP contribution in [0.4, 0.5) is 0 Å². The van der Waals surface area contributed by atoms with Gasteiger partial charge in [-0.15, -0.1) is 12.4 Å². The Morgan fingerprint density at radius 2 is 1.85 bits per heavy atom. The molecule has 0 aromatic rings. The maximum atomic E-state index is 6.85. The molecule has 0 aromatic carbocycles. The Balaban J connectivity index is 0.00000144. The molecule has 0 saturated carbocycles. The fraction of sp³-hybridized carbons (Fsp3) is 0.667. The van der Waals surface area contributed by atoms with Gasteiger partial charge in [0.15, 0.2) is 0 Å². The van der Waals surface area contributed by atoms with Gasteiger partial charge >= 0.3 is 0 Å². The Kier molecular flexibility index (Phi) is 5.17. The van der Waals surface area contributed by atoms with Crippen molar-refractivity contribution in [1.29, 1.82) is 5.41 Å². The van der Waals surface area contributed by atoms with Crippen molar-refractivity contribution in [3.05, 3.63) is 0 Å². The second-order valence-corrected chi connectivity index (χ2v) is 2.69. The highest BCUT2D eigenvalue weighted by molar-refractivity contribution is 5.91. The predicted octanol–water partition coefficient (Wildman–Crippen LogP) is -0.783. The molecule has 0 unspecified atom stereocenters. The lowest BCUT2D eigenvalue weighted by Crippen LogP contribution is -2.45. The van der Waals surface area contributed by atoms with Gasteiger partial charge in [0.1, 0.15) is 0 Å². The molecule has 6 nitrogen and oxygen atoms in total. The average Bonchev–Trinajstić information content (AvgIpc) is 2.37. The Bertz CT molecular complexity index is 197. The van der Waals surface area contributed by atoms with Crippen LogP contribution in [0.2, 0.25) is 0 Å². The lowest BCUT2D eigenvalue weighted by Gasteiger charge is -2.15. The monoisotopic (exact) mass is 206 g/mol. The minimum atomic E-state index is -0.279. The molecule has 1 saturated heterocycles. The fourth-order valence-electron chi connectivity index (χ4n) is 1.15. The minimum absolute atomic E-state index is 0. The summed E-state index contributed by atoms with van der Waals surface area (Å²) in [6.07, 6.45) is 2.33. The number of rotatable bonds is 1. The molecule has 0 bridgehead atoms. The first-order valence-corrected chi connectivity index (χ1v) is 3.88. The molecule has 1 heterocycles. The zero-order valence-corrected chi connectivity index (χ0v) is 8.10. The van der Waals surface area contributed by atoms with E-state index in [9.17, 15) is 0 Å². The van der Waals surface area contributed by atoms with Gasteiger partial charge in [-0.3, -0.25) is 10.8 Å². The highest BCUT2D eigenvalue weighted by atomic mass is 35.5. The largest absolute Gasteiger partial charge is 0.368 e. The molecule has 1 aliphatic heterocycles. The molecule has 0 radical (unpaired) electrons. The molecule has 0 amide bonds. The van der Waals surface area contributed by atoms with E-state index >= 15 is 0 Å². The van der Waals surface area contributed by atoms with Crippen LogP contribution in [0, 0.1) is 5.41 Å². The molecule has 0 atom stereocenters. The summed E-state index contributed by atoms with van der Waals surface area (Å²) in [4.78, 5) is 3.54. The van der Waals surface area contributed by atoms with Gasteiger partial charge in [-0.25, -0.2) is 5.01 Å². The topological polar surface area (TPSA) is 104 Å². The second kappa shape index (κ2) is 5.60. The molecule has 0 spiro atoms. The molecular formula is C6H15ClN6. The van der Waals surface area contributed by atoms with Gasteiger partial charge in [0.05, 0.1) is 0 Å². The van der Waals surface area contributed by atoms with Crippen molar-refractivity contribution >= 4 is 24.3 Å². The van der Waals surface area contributed by atoms with Crippen LogP contribution in [-0.4, -0.2) is 30.0 Å². The van der Waals surface area contributed by atoms with Gasteiger partial charge in [0, 0.05) is 13.1 Å².